The van der Waals surface area contributed by atoms with Crippen molar-refractivity contribution < 1.29 is 5.11 Å². The summed E-state index contributed by atoms with van der Waals surface area (Å²) < 4.78 is 0. The van der Waals surface area contributed by atoms with Crippen LogP contribution in [0.2, 0.25) is 0 Å². The SMILES string of the molecule is CNC1C=Cc2cc(O)ccc2CC1.Cl. The van der Waals surface area contributed by atoms with Crippen LogP contribution in [-0.2, 0) is 6.42 Å². The second-order valence-electron chi connectivity index (χ2n) is 3.68. The highest BCUT2D eigenvalue weighted by Crippen LogP contribution is 2.22. The minimum Gasteiger partial charge on any atom is -0.508 e. The number of halogens is 1. The van der Waals surface area contributed by atoms with Crippen LogP contribution in [-0.4, -0.2) is 18.2 Å². The van der Waals surface area contributed by atoms with Gasteiger partial charge in [0.15, 0.2) is 0 Å². The molecular formula is C12H16ClNO. The van der Waals surface area contributed by atoms with Gasteiger partial charge in [-0.15, -0.1) is 12.4 Å². The fourth-order valence-electron chi connectivity index (χ4n) is 1.83. The summed E-state index contributed by atoms with van der Waals surface area (Å²) in [5.41, 5.74) is 2.46. The maximum atomic E-state index is 9.35. The maximum absolute atomic E-state index is 9.35. The number of aromatic hydroxyl groups is 1. The van der Waals surface area contributed by atoms with Crippen molar-refractivity contribution in [2.24, 2.45) is 0 Å². The van der Waals surface area contributed by atoms with Gasteiger partial charge in [-0.1, -0.05) is 18.2 Å². The van der Waals surface area contributed by atoms with E-state index in [1.807, 2.05) is 19.2 Å². The molecule has 1 aromatic rings. The van der Waals surface area contributed by atoms with E-state index >= 15 is 0 Å². The Morgan fingerprint density at radius 1 is 1.40 bits per heavy atom. The molecule has 2 rings (SSSR count). The highest BCUT2D eigenvalue weighted by molar-refractivity contribution is 5.85. The molecular weight excluding hydrogens is 210 g/mol. The predicted molar refractivity (Wildman–Crippen MR) is 65.6 cm³/mol. The van der Waals surface area contributed by atoms with Gasteiger partial charge in [0.05, 0.1) is 0 Å². The minimum absolute atomic E-state index is 0. The molecule has 1 aliphatic carbocycles. The lowest BCUT2D eigenvalue weighted by Gasteiger charge is -2.08. The number of rotatable bonds is 1. The normalized spacial score (nSPS) is 18.9. The summed E-state index contributed by atoms with van der Waals surface area (Å²) in [4.78, 5) is 0. The zero-order valence-corrected chi connectivity index (χ0v) is 9.55. The third-order valence-electron chi connectivity index (χ3n) is 2.73. The van der Waals surface area contributed by atoms with Crippen LogP contribution in [0.5, 0.6) is 5.75 Å². The van der Waals surface area contributed by atoms with Crippen molar-refractivity contribution in [3.8, 4) is 5.75 Å². The minimum atomic E-state index is 0. The van der Waals surface area contributed by atoms with Crippen LogP contribution in [0.4, 0.5) is 0 Å². The van der Waals surface area contributed by atoms with E-state index in [-0.39, 0.29) is 12.4 Å². The van der Waals surface area contributed by atoms with Crippen LogP contribution in [0.25, 0.3) is 6.08 Å². The van der Waals surface area contributed by atoms with Crippen LogP contribution in [0, 0.1) is 0 Å². The van der Waals surface area contributed by atoms with Gasteiger partial charge in [-0.25, -0.2) is 0 Å². The zero-order valence-electron chi connectivity index (χ0n) is 8.73. The first-order valence-electron chi connectivity index (χ1n) is 4.97. The van der Waals surface area contributed by atoms with E-state index in [9.17, 15) is 5.11 Å². The van der Waals surface area contributed by atoms with Gasteiger partial charge in [0, 0.05) is 6.04 Å². The first-order chi connectivity index (χ1) is 6.79. The lowest BCUT2D eigenvalue weighted by Crippen LogP contribution is -2.22. The molecule has 2 N–H and O–H groups in total. The van der Waals surface area contributed by atoms with Crippen molar-refractivity contribution >= 4 is 18.5 Å². The Morgan fingerprint density at radius 2 is 2.20 bits per heavy atom. The highest BCUT2D eigenvalue weighted by Gasteiger charge is 2.09. The summed E-state index contributed by atoms with van der Waals surface area (Å²) in [6.07, 6.45) is 6.42. The lowest BCUT2D eigenvalue weighted by molar-refractivity contribution is 0.475. The van der Waals surface area contributed by atoms with Crippen molar-refractivity contribution in [3.05, 3.63) is 35.4 Å². The third kappa shape index (κ3) is 2.74. The zero-order chi connectivity index (χ0) is 9.97. The molecule has 0 saturated carbocycles. The van der Waals surface area contributed by atoms with Gasteiger partial charge < -0.3 is 10.4 Å². The van der Waals surface area contributed by atoms with Crippen LogP contribution in [0.15, 0.2) is 24.3 Å². The van der Waals surface area contributed by atoms with E-state index in [4.69, 9.17) is 0 Å². The van der Waals surface area contributed by atoms with Crippen molar-refractivity contribution in [2.45, 2.75) is 18.9 Å². The predicted octanol–water partition coefficient (Wildman–Crippen LogP) is 2.36. The summed E-state index contributed by atoms with van der Waals surface area (Å²) >= 11 is 0. The molecule has 0 saturated heterocycles. The molecule has 0 fully saturated rings. The average Bonchev–Trinajstić information content (AvgIpc) is 2.39. The number of benzene rings is 1. The fraction of sp³-hybridized carbons (Fsp3) is 0.333. The monoisotopic (exact) mass is 225 g/mol. The summed E-state index contributed by atoms with van der Waals surface area (Å²) in [6.45, 7) is 0. The molecule has 0 heterocycles. The Morgan fingerprint density at radius 3 is 2.93 bits per heavy atom. The topological polar surface area (TPSA) is 32.3 Å². The van der Waals surface area contributed by atoms with E-state index < -0.39 is 0 Å². The van der Waals surface area contributed by atoms with Crippen LogP contribution >= 0.6 is 12.4 Å². The van der Waals surface area contributed by atoms with E-state index in [0.717, 1.165) is 18.4 Å². The van der Waals surface area contributed by atoms with E-state index in [2.05, 4.69) is 17.5 Å². The van der Waals surface area contributed by atoms with E-state index in [1.165, 1.54) is 5.56 Å². The van der Waals surface area contributed by atoms with Gasteiger partial charge in [-0.05, 0) is 43.1 Å². The van der Waals surface area contributed by atoms with Crippen LogP contribution in [0.3, 0.4) is 0 Å². The van der Waals surface area contributed by atoms with Crippen LogP contribution in [0.1, 0.15) is 17.5 Å². The van der Waals surface area contributed by atoms with Gasteiger partial charge in [0.2, 0.25) is 0 Å². The second kappa shape index (κ2) is 5.19. The molecule has 1 atom stereocenters. The lowest BCUT2D eigenvalue weighted by atomic mass is 10.0. The molecule has 0 spiro atoms. The smallest absolute Gasteiger partial charge is 0.116 e. The molecule has 0 bridgehead atoms. The van der Waals surface area contributed by atoms with Gasteiger partial charge in [-0.3, -0.25) is 0 Å². The second-order valence-corrected chi connectivity index (χ2v) is 3.68. The van der Waals surface area contributed by atoms with Crippen molar-refractivity contribution in [2.75, 3.05) is 7.05 Å². The summed E-state index contributed by atoms with van der Waals surface area (Å²) in [7, 11) is 1.97. The number of hydrogen-bond acceptors (Lipinski definition) is 2. The number of phenols is 1. The summed E-state index contributed by atoms with van der Waals surface area (Å²) in [5, 5.41) is 12.6. The highest BCUT2D eigenvalue weighted by atomic mass is 35.5. The Balaban J connectivity index is 0.00000112. The van der Waals surface area contributed by atoms with Gasteiger partial charge in [0.1, 0.15) is 5.75 Å². The summed E-state index contributed by atoms with van der Waals surface area (Å²) in [5.74, 6) is 0.344. The fourth-order valence-corrected chi connectivity index (χ4v) is 1.83. The summed E-state index contributed by atoms with van der Waals surface area (Å²) in [6, 6.07) is 6.04. The number of likely N-dealkylation sites (N-methyl/N-ethyl adjacent to an activating group) is 1. The number of nitrogens with one attached hydrogen (secondary N) is 1. The Bertz CT molecular complexity index is 363. The van der Waals surface area contributed by atoms with Gasteiger partial charge >= 0.3 is 0 Å². The molecule has 0 aromatic heterocycles. The maximum Gasteiger partial charge on any atom is 0.116 e. The molecule has 1 aliphatic rings. The third-order valence-corrected chi connectivity index (χ3v) is 2.73. The van der Waals surface area contributed by atoms with E-state index in [1.54, 1.807) is 6.07 Å². The number of hydrogen-bond donors (Lipinski definition) is 2. The number of fused-ring (bicyclic) bond motifs is 1. The van der Waals surface area contributed by atoms with Crippen LogP contribution < -0.4 is 5.32 Å². The Hall–Kier alpha value is -0.990. The van der Waals surface area contributed by atoms with Gasteiger partial charge in [0.25, 0.3) is 0 Å². The van der Waals surface area contributed by atoms with Gasteiger partial charge in [-0.2, -0.15) is 0 Å². The quantitative estimate of drug-likeness (QED) is 0.769. The van der Waals surface area contributed by atoms with Crippen molar-refractivity contribution in [3.63, 3.8) is 0 Å². The molecule has 1 unspecified atom stereocenters. The van der Waals surface area contributed by atoms with E-state index in [0.29, 0.717) is 11.8 Å². The average molecular weight is 226 g/mol. The van der Waals surface area contributed by atoms with Crippen molar-refractivity contribution in [1.82, 2.24) is 5.32 Å². The first kappa shape index (κ1) is 12.1. The molecule has 2 nitrogen and oxygen atoms in total. The molecule has 82 valence electrons. The molecule has 3 heteroatoms. The van der Waals surface area contributed by atoms with Crippen molar-refractivity contribution in [1.29, 1.82) is 0 Å². The molecule has 1 aromatic carbocycles. The molecule has 0 aliphatic heterocycles. The molecule has 0 radical (unpaired) electrons. The Kier molecular flexibility index (Phi) is 4.18. The molecule has 0 amide bonds. The molecule has 15 heavy (non-hydrogen) atoms. The standard InChI is InChI=1S/C12H15NO.ClH/c1-13-11-5-2-9-4-7-12(14)8-10(9)3-6-11;/h3-4,6-8,11,13-14H,2,5H2,1H3;1H. The largest absolute Gasteiger partial charge is 0.508 e. The number of aryl methyl sites for hydroxylation is 1. The Labute approximate surface area is 96.4 Å². The first-order valence-corrected chi connectivity index (χ1v) is 4.97. The number of phenolic OH excluding ortho intramolecular Hbond substituents is 1.